The van der Waals surface area contributed by atoms with Crippen LogP contribution in [0.4, 0.5) is 9.18 Å². The Bertz CT molecular complexity index is 877. The summed E-state index contributed by atoms with van der Waals surface area (Å²) in [5, 5.41) is 3.01. The molecule has 2 aromatic rings. The largest absolute Gasteiger partial charge is 0.336 e. The van der Waals surface area contributed by atoms with Crippen molar-refractivity contribution in [1.29, 1.82) is 0 Å². The van der Waals surface area contributed by atoms with E-state index >= 15 is 0 Å². The second kappa shape index (κ2) is 9.71. The zero-order valence-corrected chi connectivity index (χ0v) is 17.8. The minimum atomic E-state index is -0.520. The molecule has 1 heterocycles. The number of likely N-dealkylation sites (N-methyl/N-ethyl adjacent to an activating group) is 1. The van der Waals surface area contributed by atoms with Crippen molar-refractivity contribution in [2.75, 3.05) is 46.8 Å². The molecule has 2 aromatic carbocycles. The Balaban J connectivity index is 1.53. The molecule has 1 aliphatic heterocycles. The number of urea groups is 1. The monoisotopic (exact) mass is 412 g/mol. The van der Waals surface area contributed by atoms with Crippen LogP contribution in [0.5, 0.6) is 0 Å². The van der Waals surface area contributed by atoms with E-state index in [4.69, 9.17) is 0 Å². The van der Waals surface area contributed by atoms with Crippen molar-refractivity contribution in [2.45, 2.75) is 13.0 Å². The molecule has 1 N–H and O–H groups in total. The maximum Gasteiger partial charge on any atom is 0.317 e. The molecule has 0 spiro atoms. The fraction of sp³-hybridized carbons (Fsp3) is 0.391. The number of nitrogens with one attached hydrogen (secondary N) is 1. The van der Waals surface area contributed by atoms with Gasteiger partial charge in [-0.25, -0.2) is 9.18 Å². The first kappa shape index (κ1) is 21.8. The molecule has 160 valence electrons. The Morgan fingerprint density at radius 1 is 1.00 bits per heavy atom. The Hall–Kier alpha value is -2.93. The van der Waals surface area contributed by atoms with Crippen molar-refractivity contribution in [1.82, 2.24) is 20.0 Å². The van der Waals surface area contributed by atoms with Gasteiger partial charge in [0, 0.05) is 32.7 Å². The number of aryl methyl sites for hydroxylation is 1. The van der Waals surface area contributed by atoms with Crippen molar-refractivity contribution in [3.8, 4) is 0 Å². The molecule has 1 atom stereocenters. The zero-order chi connectivity index (χ0) is 21.7. The van der Waals surface area contributed by atoms with Crippen molar-refractivity contribution in [3.05, 3.63) is 71.0 Å². The van der Waals surface area contributed by atoms with Crippen LogP contribution in [0.15, 0.2) is 48.5 Å². The van der Waals surface area contributed by atoms with E-state index in [1.807, 2.05) is 21.0 Å². The van der Waals surface area contributed by atoms with E-state index in [-0.39, 0.29) is 23.5 Å². The van der Waals surface area contributed by atoms with E-state index in [1.54, 1.807) is 21.9 Å². The van der Waals surface area contributed by atoms with Gasteiger partial charge in [0.2, 0.25) is 0 Å². The van der Waals surface area contributed by atoms with Gasteiger partial charge in [0.1, 0.15) is 5.82 Å². The predicted octanol–water partition coefficient (Wildman–Crippen LogP) is 2.90. The van der Waals surface area contributed by atoms with Gasteiger partial charge in [-0.1, -0.05) is 42.0 Å². The molecule has 0 aliphatic carbocycles. The van der Waals surface area contributed by atoms with Crippen LogP contribution >= 0.6 is 0 Å². The normalized spacial score (nSPS) is 15.2. The van der Waals surface area contributed by atoms with Gasteiger partial charge >= 0.3 is 6.03 Å². The van der Waals surface area contributed by atoms with Gasteiger partial charge in [-0.2, -0.15) is 0 Å². The molecule has 0 radical (unpaired) electrons. The maximum absolute atomic E-state index is 13.9. The van der Waals surface area contributed by atoms with Gasteiger partial charge in [-0.3, -0.25) is 4.79 Å². The second-order valence-corrected chi connectivity index (χ2v) is 7.84. The summed E-state index contributed by atoms with van der Waals surface area (Å²) in [5.41, 5.74) is 2.41. The molecule has 1 saturated heterocycles. The first-order valence-corrected chi connectivity index (χ1v) is 10.2. The number of nitrogens with zero attached hydrogens (tertiary/aromatic N) is 3. The number of rotatable bonds is 5. The van der Waals surface area contributed by atoms with Gasteiger partial charge in [-0.15, -0.1) is 0 Å². The molecular weight excluding hydrogens is 383 g/mol. The van der Waals surface area contributed by atoms with Crippen LogP contribution in [0.25, 0.3) is 0 Å². The summed E-state index contributed by atoms with van der Waals surface area (Å²) in [5.74, 6) is -0.853. The first-order valence-electron chi connectivity index (χ1n) is 10.2. The summed E-state index contributed by atoms with van der Waals surface area (Å²) in [6.07, 6.45) is 0. The molecule has 0 aromatic heterocycles. The lowest BCUT2D eigenvalue weighted by molar-refractivity contribution is 0.0659. The minimum Gasteiger partial charge on any atom is -0.336 e. The summed E-state index contributed by atoms with van der Waals surface area (Å²) in [4.78, 5) is 30.5. The van der Waals surface area contributed by atoms with Crippen LogP contribution < -0.4 is 5.32 Å². The third-order valence-electron chi connectivity index (χ3n) is 5.49. The number of benzene rings is 2. The summed E-state index contributed by atoms with van der Waals surface area (Å²) in [7, 11) is 3.98. The average molecular weight is 413 g/mol. The number of amides is 3. The van der Waals surface area contributed by atoms with E-state index in [0.717, 1.165) is 5.56 Å². The number of piperazine rings is 1. The van der Waals surface area contributed by atoms with Crippen molar-refractivity contribution >= 4 is 11.9 Å². The van der Waals surface area contributed by atoms with Crippen LogP contribution in [0.2, 0.25) is 0 Å². The molecule has 30 heavy (non-hydrogen) atoms. The number of hydrogen-bond donors (Lipinski definition) is 1. The fourth-order valence-corrected chi connectivity index (χ4v) is 3.60. The van der Waals surface area contributed by atoms with E-state index in [1.165, 1.54) is 17.7 Å². The van der Waals surface area contributed by atoms with E-state index in [2.05, 4.69) is 34.5 Å². The lowest BCUT2D eigenvalue weighted by Gasteiger charge is -2.35. The summed E-state index contributed by atoms with van der Waals surface area (Å²) in [6.45, 7) is 4.15. The van der Waals surface area contributed by atoms with Crippen molar-refractivity contribution < 1.29 is 14.0 Å². The van der Waals surface area contributed by atoms with E-state index < -0.39 is 5.82 Å². The highest BCUT2D eigenvalue weighted by Crippen LogP contribution is 2.18. The van der Waals surface area contributed by atoms with Crippen LogP contribution in [0.3, 0.4) is 0 Å². The first-order chi connectivity index (χ1) is 14.4. The Morgan fingerprint density at radius 2 is 1.60 bits per heavy atom. The fourth-order valence-electron chi connectivity index (χ4n) is 3.60. The summed E-state index contributed by atoms with van der Waals surface area (Å²) in [6, 6.07) is 14.2. The van der Waals surface area contributed by atoms with Gasteiger partial charge in [0.05, 0.1) is 11.6 Å². The SMILES string of the molecule is Cc1ccc(C(CNC(=O)N2CCN(C(=O)c3ccccc3F)CC2)N(C)C)cc1. The lowest BCUT2D eigenvalue weighted by atomic mass is 10.0. The van der Waals surface area contributed by atoms with Crippen molar-refractivity contribution in [2.24, 2.45) is 0 Å². The van der Waals surface area contributed by atoms with Gasteiger partial charge in [-0.05, 0) is 38.7 Å². The van der Waals surface area contributed by atoms with Crippen LogP contribution in [-0.4, -0.2) is 73.5 Å². The zero-order valence-electron chi connectivity index (χ0n) is 17.8. The molecule has 1 fully saturated rings. The second-order valence-electron chi connectivity index (χ2n) is 7.84. The van der Waals surface area contributed by atoms with Gasteiger partial charge < -0.3 is 20.0 Å². The molecule has 6 nitrogen and oxygen atoms in total. The number of carbonyl (C=O) groups is 2. The minimum absolute atomic E-state index is 0.0680. The molecular formula is C23H29FN4O2. The third-order valence-corrected chi connectivity index (χ3v) is 5.49. The quantitative estimate of drug-likeness (QED) is 0.822. The highest BCUT2D eigenvalue weighted by Gasteiger charge is 2.26. The summed E-state index contributed by atoms with van der Waals surface area (Å²) >= 11 is 0. The average Bonchev–Trinajstić information content (AvgIpc) is 2.75. The number of hydrogen-bond acceptors (Lipinski definition) is 3. The highest BCUT2D eigenvalue weighted by molar-refractivity contribution is 5.94. The van der Waals surface area contributed by atoms with Crippen molar-refractivity contribution in [3.63, 3.8) is 0 Å². The van der Waals surface area contributed by atoms with Crippen LogP contribution in [0.1, 0.15) is 27.5 Å². The van der Waals surface area contributed by atoms with Gasteiger partial charge in [0.25, 0.3) is 5.91 Å². The van der Waals surface area contributed by atoms with E-state index in [9.17, 15) is 14.0 Å². The molecule has 0 saturated carbocycles. The maximum atomic E-state index is 13.9. The predicted molar refractivity (Wildman–Crippen MR) is 115 cm³/mol. The molecule has 3 amide bonds. The molecule has 0 bridgehead atoms. The number of carbonyl (C=O) groups excluding carboxylic acids is 2. The molecule has 1 aliphatic rings. The van der Waals surface area contributed by atoms with E-state index in [0.29, 0.717) is 32.7 Å². The number of halogens is 1. The molecule has 7 heteroatoms. The Morgan fingerprint density at radius 3 is 2.20 bits per heavy atom. The Kier molecular flexibility index (Phi) is 7.05. The lowest BCUT2D eigenvalue weighted by Crippen LogP contribution is -2.53. The Labute approximate surface area is 177 Å². The third kappa shape index (κ3) is 5.16. The standard InChI is InChI=1S/C23H29FN4O2/c1-17-8-10-18(11-9-17)21(26(2)3)16-25-23(30)28-14-12-27(13-15-28)22(29)19-6-4-5-7-20(19)24/h4-11,21H,12-16H2,1-3H3,(H,25,30). The van der Waals surface area contributed by atoms with Crippen LogP contribution in [0, 0.1) is 12.7 Å². The summed E-state index contributed by atoms with van der Waals surface area (Å²) < 4.78 is 13.9. The topological polar surface area (TPSA) is 55.9 Å². The smallest absolute Gasteiger partial charge is 0.317 e. The van der Waals surface area contributed by atoms with Gasteiger partial charge in [0.15, 0.2) is 0 Å². The molecule has 3 rings (SSSR count). The van der Waals surface area contributed by atoms with Crippen LogP contribution in [-0.2, 0) is 0 Å². The highest BCUT2D eigenvalue weighted by atomic mass is 19.1. The molecule has 1 unspecified atom stereocenters.